The van der Waals surface area contributed by atoms with Gasteiger partial charge in [-0.25, -0.2) is 9.78 Å². The van der Waals surface area contributed by atoms with E-state index in [0.29, 0.717) is 23.4 Å². The van der Waals surface area contributed by atoms with Crippen molar-refractivity contribution in [2.24, 2.45) is 0 Å². The van der Waals surface area contributed by atoms with Crippen LogP contribution in [0.5, 0.6) is 0 Å². The summed E-state index contributed by atoms with van der Waals surface area (Å²) in [6.45, 7) is 6.12. The first-order chi connectivity index (χ1) is 11.5. The fourth-order valence-electron chi connectivity index (χ4n) is 2.63. The Bertz CT molecular complexity index is 981. The number of carbonyl (C=O) groups excluding carboxylic acids is 1. The second-order valence-corrected chi connectivity index (χ2v) is 6.70. The quantitative estimate of drug-likeness (QED) is 0.679. The molecule has 6 nitrogen and oxygen atoms in total. The fourth-order valence-corrected chi connectivity index (χ4v) is 3.67. The van der Waals surface area contributed by atoms with Gasteiger partial charge in [0.25, 0.3) is 5.56 Å². The molecule has 7 heteroatoms. The molecule has 24 heavy (non-hydrogen) atoms. The number of hydrogen-bond donors (Lipinski definition) is 0. The van der Waals surface area contributed by atoms with E-state index in [2.05, 4.69) is 9.72 Å². The highest BCUT2D eigenvalue weighted by atomic mass is 32.1. The van der Waals surface area contributed by atoms with E-state index in [0.717, 1.165) is 15.3 Å². The van der Waals surface area contributed by atoms with Gasteiger partial charge in [-0.2, -0.15) is 0 Å². The molecule has 3 aromatic rings. The van der Waals surface area contributed by atoms with Crippen LogP contribution in [-0.2, 0) is 17.7 Å². The van der Waals surface area contributed by atoms with Gasteiger partial charge in [0.05, 0.1) is 19.0 Å². The van der Waals surface area contributed by atoms with Crippen molar-refractivity contribution in [2.45, 2.75) is 33.7 Å². The molecule has 0 unspecified atom stereocenters. The van der Waals surface area contributed by atoms with Crippen molar-refractivity contribution in [2.75, 3.05) is 7.11 Å². The van der Waals surface area contributed by atoms with Crippen LogP contribution < -0.4 is 5.56 Å². The van der Waals surface area contributed by atoms with Gasteiger partial charge in [0.1, 0.15) is 16.4 Å². The van der Waals surface area contributed by atoms with Crippen LogP contribution in [0.3, 0.4) is 0 Å². The summed E-state index contributed by atoms with van der Waals surface area (Å²) in [5, 5.41) is 0.662. The topological polar surface area (TPSA) is 74.3 Å². The number of thiophene rings is 1. The summed E-state index contributed by atoms with van der Waals surface area (Å²) in [5.41, 5.74) is 0.897. The highest BCUT2D eigenvalue weighted by molar-refractivity contribution is 7.18. The Kier molecular flexibility index (Phi) is 4.28. The van der Waals surface area contributed by atoms with Crippen molar-refractivity contribution in [3.8, 4) is 0 Å². The number of carbonyl (C=O) groups is 1. The zero-order valence-corrected chi connectivity index (χ0v) is 14.8. The van der Waals surface area contributed by atoms with Crippen LogP contribution in [0, 0.1) is 13.8 Å². The molecule has 3 rings (SSSR count). The fraction of sp³-hybridized carbons (Fsp3) is 0.353. The minimum atomic E-state index is -0.540. The molecule has 0 spiro atoms. The summed E-state index contributed by atoms with van der Waals surface area (Å²) in [6, 6.07) is 3.22. The van der Waals surface area contributed by atoms with Crippen LogP contribution in [0.4, 0.5) is 0 Å². The number of aromatic nitrogens is 2. The van der Waals surface area contributed by atoms with Crippen LogP contribution in [0.2, 0.25) is 0 Å². The molecule has 0 aliphatic carbocycles. The van der Waals surface area contributed by atoms with E-state index in [1.54, 1.807) is 16.7 Å². The molecule has 3 aromatic heterocycles. The van der Waals surface area contributed by atoms with E-state index in [1.165, 1.54) is 18.4 Å². The number of esters is 1. The Balaban J connectivity index is 2.10. The zero-order chi connectivity index (χ0) is 17.4. The van der Waals surface area contributed by atoms with Crippen LogP contribution in [0.15, 0.2) is 21.3 Å². The smallest absolute Gasteiger partial charge is 0.373 e. The number of rotatable bonds is 4. The third-order valence-electron chi connectivity index (χ3n) is 4.05. The van der Waals surface area contributed by atoms with Crippen LogP contribution in [0.25, 0.3) is 10.2 Å². The van der Waals surface area contributed by atoms with Gasteiger partial charge < -0.3 is 9.15 Å². The van der Waals surface area contributed by atoms with Crippen LogP contribution in [0.1, 0.15) is 39.5 Å². The maximum atomic E-state index is 12.9. The second-order valence-electron chi connectivity index (χ2n) is 5.49. The van der Waals surface area contributed by atoms with Gasteiger partial charge >= 0.3 is 5.97 Å². The second kappa shape index (κ2) is 6.24. The van der Waals surface area contributed by atoms with Crippen molar-refractivity contribution in [1.82, 2.24) is 9.55 Å². The summed E-state index contributed by atoms with van der Waals surface area (Å²) < 4.78 is 11.7. The third-order valence-corrected chi connectivity index (χ3v) is 5.15. The SMILES string of the molecule is CCc1nc2sc(C)c(C)c2c(=O)n1Cc1ccc(C(=O)OC)o1. The third kappa shape index (κ3) is 2.65. The molecule has 0 amide bonds. The minimum absolute atomic E-state index is 0.0743. The van der Waals surface area contributed by atoms with Gasteiger partial charge in [0, 0.05) is 11.3 Å². The summed E-state index contributed by atoms with van der Waals surface area (Å²) in [7, 11) is 1.30. The Morgan fingerprint density at radius 3 is 2.79 bits per heavy atom. The lowest BCUT2D eigenvalue weighted by Crippen LogP contribution is -2.25. The van der Waals surface area contributed by atoms with Crippen molar-refractivity contribution in [3.05, 3.63) is 50.3 Å². The summed E-state index contributed by atoms with van der Waals surface area (Å²) >= 11 is 1.54. The number of methoxy groups -OCH3 is 1. The molecule has 126 valence electrons. The summed E-state index contributed by atoms with van der Waals surface area (Å²) in [5.74, 6) is 0.792. The number of aryl methyl sites for hydroxylation is 3. The average molecular weight is 346 g/mol. The van der Waals surface area contributed by atoms with E-state index in [4.69, 9.17) is 4.42 Å². The van der Waals surface area contributed by atoms with E-state index >= 15 is 0 Å². The van der Waals surface area contributed by atoms with Gasteiger partial charge in [-0.05, 0) is 31.5 Å². The largest absolute Gasteiger partial charge is 0.463 e. The molecule has 0 saturated carbocycles. The summed E-state index contributed by atoms with van der Waals surface area (Å²) in [6.07, 6.45) is 0.631. The van der Waals surface area contributed by atoms with Gasteiger partial charge in [0.15, 0.2) is 0 Å². The van der Waals surface area contributed by atoms with E-state index < -0.39 is 5.97 Å². The molecule has 0 radical (unpaired) electrons. The van der Waals surface area contributed by atoms with Gasteiger partial charge in [0.2, 0.25) is 5.76 Å². The van der Waals surface area contributed by atoms with Crippen LogP contribution in [-0.4, -0.2) is 22.6 Å². The molecule has 0 bridgehead atoms. The van der Waals surface area contributed by atoms with E-state index in [-0.39, 0.29) is 17.9 Å². The maximum absolute atomic E-state index is 12.9. The number of ether oxygens (including phenoxy) is 1. The Labute approximate surface area is 142 Å². The molecule has 0 atom stereocenters. The number of furan rings is 1. The predicted octanol–water partition coefficient (Wildman–Crippen LogP) is 3.07. The molecule has 0 aromatic carbocycles. The molecular formula is C17H18N2O4S. The normalized spacial score (nSPS) is 11.2. The minimum Gasteiger partial charge on any atom is -0.463 e. The van der Waals surface area contributed by atoms with Crippen molar-refractivity contribution >= 4 is 27.5 Å². The molecule has 0 fully saturated rings. The maximum Gasteiger partial charge on any atom is 0.373 e. The number of fused-ring (bicyclic) bond motifs is 1. The average Bonchev–Trinajstić information content (AvgIpc) is 3.14. The molecule has 0 aliphatic rings. The lowest BCUT2D eigenvalue weighted by atomic mass is 10.2. The van der Waals surface area contributed by atoms with Gasteiger partial charge in [-0.3, -0.25) is 9.36 Å². The lowest BCUT2D eigenvalue weighted by Gasteiger charge is -2.10. The molecule has 0 N–H and O–H groups in total. The number of nitrogens with zero attached hydrogens (tertiary/aromatic N) is 2. The Morgan fingerprint density at radius 1 is 1.38 bits per heavy atom. The zero-order valence-electron chi connectivity index (χ0n) is 14.0. The van der Waals surface area contributed by atoms with E-state index in [9.17, 15) is 9.59 Å². The van der Waals surface area contributed by atoms with Gasteiger partial charge in [-0.1, -0.05) is 6.92 Å². The first-order valence-electron chi connectivity index (χ1n) is 7.62. The van der Waals surface area contributed by atoms with Crippen molar-refractivity contribution < 1.29 is 13.9 Å². The lowest BCUT2D eigenvalue weighted by molar-refractivity contribution is 0.0563. The Morgan fingerprint density at radius 2 is 2.12 bits per heavy atom. The molecule has 0 saturated heterocycles. The highest BCUT2D eigenvalue weighted by Gasteiger charge is 2.17. The summed E-state index contributed by atoms with van der Waals surface area (Å²) in [4.78, 5) is 30.9. The van der Waals surface area contributed by atoms with Crippen molar-refractivity contribution in [1.29, 1.82) is 0 Å². The first kappa shape index (κ1) is 16.4. The molecular weight excluding hydrogens is 328 g/mol. The van der Waals surface area contributed by atoms with Gasteiger partial charge in [-0.15, -0.1) is 11.3 Å². The number of hydrogen-bond acceptors (Lipinski definition) is 6. The molecule has 0 aliphatic heterocycles. The monoisotopic (exact) mass is 346 g/mol. The Hall–Kier alpha value is -2.41. The van der Waals surface area contributed by atoms with Crippen molar-refractivity contribution in [3.63, 3.8) is 0 Å². The first-order valence-corrected chi connectivity index (χ1v) is 8.44. The molecule has 3 heterocycles. The van der Waals surface area contributed by atoms with E-state index in [1.807, 2.05) is 20.8 Å². The standard InChI is InChI=1S/C17H18N2O4S/c1-5-13-18-15-14(9(2)10(3)24-15)16(20)19(13)8-11-6-7-12(23-11)17(21)22-4/h6-7H,5,8H2,1-4H3. The highest BCUT2D eigenvalue weighted by Crippen LogP contribution is 2.26. The van der Waals surface area contributed by atoms with Crippen LogP contribution >= 0.6 is 11.3 Å². The predicted molar refractivity (Wildman–Crippen MR) is 91.9 cm³/mol.